The molecule has 32 heavy (non-hydrogen) atoms. The zero-order valence-electron chi connectivity index (χ0n) is 16.8. The van der Waals surface area contributed by atoms with Crippen LogP contribution in [0.3, 0.4) is 0 Å². The average molecular weight is 428 g/mol. The van der Waals surface area contributed by atoms with E-state index >= 15 is 0 Å². The number of carbonyl (C=O) groups is 1. The van der Waals surface area contributed by atoms with Crippen molar-refractivity contribution < 1.29 is 19.7 Å². The van der Waals surface area contributed by atoms with Crippen molar-refractivity contribution in [2.75, 3.05) is 0 Å². The SMILES string of the molecule is C=C(C)C(=O)Oc1cc(O)c(-n2nc3ccccc3n2)c(O)c1-n1nc2ccccc2n1. The number of aromatic nitrogens is 6. The van der Waals surface area contributed by atoms with Gasteiger partial charge in [0.05, 0.1) is 0 Å². The molecule has 0 aliphatic carbocycles. The summed E-state index contributed by atoms with van der Waals surface area (Å²) in [4.78, 5) is 14.4. The minimum Gasteiger partial charge on any atom is -0.505 e. The second-order valence-corrected chi connectivity index (χ2v) is 7.07. The fraction of sp³-hybridized carbons (Fsp3) is 0.0455. The van der Waals surface area contributed by atoms with Crippen LogP contribution in [0.1, 0.15) is 6.92 Å². The molecule has 158 valence electrons. The summed E-state index contributed by atoms with van der Waals surface area (Å²) in [5, 5.41) is 39.2. The maximum Gasteiger partial charge on any atom is 0.338 e. The highest BCUT2D eigenvalue weighted by Gasteiger charge is 2.26. The molecule has 0 amide bonds. The van der Waals surface area contributed by atoms with Gasteiger partial charge < -0.3 is 14.9 Å². The molecule has 0 radical (unpaired) electrons. The van der Waals surface area contributed by atoms with E-state index < -0.39 is 17.5 Å². The van der Waals surface area contributed by atoms with Gasteiger partial charge in [0, 0.05) is 11.6 Å². The van der Waals surface area contributed by atoms with Crippen LogP contribution in [-0.2, 0) is 4.79 Å². The molecule has 3 aromatic carbocycles. The van der Waals surface area contributed by atoms with Crippen LogP contribution in [0.5, 0.6) is 17.2 Å². The van der Waals surface area contributed by atoms with E-state index in [-0.39, 0.29) is 22.7 Å². The average Bonchev–Trinajstić information content (AvgIpc) is 3.37. The number of fused-ring (bicyclic) bond motifs is 2. The number of esters is 1. The van der Waals surface area contributed by atoms with E-state index in [4.69, 9.17) is 4.74 Å². The van der Waals surface area contributed by atoms with Gasteiger partial charge in [-0.3, -0.25) is 0 Å². The Morgan fingerprint density at radius 1 is 0.844 bits per heavy atom. The van der Waals surface area contributed by atoms with Gasteiger partial charge in [-0.15, -0.1) is 30.0 Å². The Morgan fingerprint density at radius 2 is 1.28 bits per heavy atom. The number of hydrogen-bond acceptors (Lipinski definition) is 8. The fourth-order valence-electron chi connectivity index (χ4n) is 3.19. The zero-order valence-corrected chi connectivity index (χ0v) is 16.8. The number of nitrogens with zero attached hydrogens (tertiary/aromatic N) is 6. The number of benzene rings is 3. The molecule has 10 heteroatoms. The summed E-state index contributed by atoms with van der Waals surface area (Å²) in [7, 11) is 0. The highest BCUT2D eigenvalue weighted by molar-refractivity contribution is 5.90. The van der Waals surface area contributed by atoms with Crippen molar-refractivity contribution in [1.29, 1.82) is 0 Å². The highest BCUT2D eigenvalue weighted by Crippen LogP contribution is 2.42. The Kier molecular flexibility index (Phi) is 4.33. The molecule has 2 N–H and O–H groups in total. The number of phenolic OH excluding ortho intramolecular Hbond substituents is 2. The first-order chi connectivity index (χ1) is 15.4. The maximum atomic E-state index is 12.2. The Hall–Kier alpha value is -4.73. The lowest BCUT2D eigenvalue weighted by atomic mass is 10.2. The van der Waals surface area contributed by atoms with Crippen LogP contribution in [0.15, 0.2) is 66.7 Å². The van der Waals surface area contributed by atoms with Crippen LogP contribution >= 0.6 is 0 Å². The molecule has 0 aliphatic rings. The summed E-state index contributed by atoms with van der Waals surface area (Å²) in [6, 6.07) is 15.4. The van der Waals surface area contributed by atoms with Crippen LogP contribution in [0, 0.1) is 0 Å². The molecular formula is C22H16N6O4. The molecule has 0 spiro atoms. The second kappa shape index (κ2) is 7.20. The fourth-order valence-corrected chi connectivity index (χ4v) is 3.19. The van der Waals surface area contributed by atoms with Gasteiger partial charge in [-0.1, -0.05) is 30.8 Å². The molecule has 5 aromatic rings. The molecule has 0 bridgehead atoms. The van der Waals surface area contributed by atoms with Crippen molar-refractivity contribution >= 4 is 28.0 Å². The van der Waals surface area contributed by atoms with Crippen LogP contribution in [-0.4, -0.2) is 46.2 Å². The smallest absolute Gasteiger partial charge is 0.338 e. The molecule has 2 aromatic heterocycles. The second-order valence-electron chi connectivity index (χ2n) is 7.07. The van der Waals surface area contributed by atoms with Gasteiger partial charge in [0.2, 0.25) is 0 Å². The molecule has 0 unspecified atom stereocenters. The number of aromatic hydroxyl groups is 2. The van der Waals surface area contributed by atoms with Crippen LogP contribution < -0.4 is 4.74 Å². The molecule has 5 rings (SSSR count). The lowest BCUT2D eigenvalue weighted by Gasteiger charge is -2.15. The normalized spacial score (nSPS) is 11.2. The quantitative estimate of drug-likeness (QED) is 0.254. The van der Waals surface area contributed by atoms with E-state index in [1.165, 1.54) is 13.0 Å². The Morgan fingerprint density at radius 3 is 1.72 bits per heavy atom. The Labute approximate surface area is 180 Å². The topological polar surface area (TPSA) is 128 Å². The summed E-state index contributed by atoms with van der Waals surface area (Å²) < 4.78 is 5.36. The number of rotatable bonds is 4. The van der Waals surface area contributed by atoms with Crippen LogP contribution in [0.25, 0.3) is 33.4 Å². The van der Waals surface area contributed by atoms with Gasteiger partial charge in [-0.05, 0) is 31.2 Å². The number of hydrogen-bond donors (Lipinski definition) is 2. The summed E-state index contributed by atoms with van der Waals surface area (Å²) in [5.41, 5.74) is 2.20. The molecule has 0 aliphatic heterocycles. The predicted molar refractivity (Wildman–Crippen MR) is 115 cm³/mol. The van der Waals surface area contributed by atoms with E-state index in [0.717, 1.165) is 9.59 Å². The molecule has 0 saturated heterocycles. The van der Waals surface area contributed by atoms with Crippen molar-refractivity contribution in [2.24, 2.45) is 0 Å². The lowest BCUT2D eigenvalue weighted by molar-refractivity contribution is -0.130. The van der Waals surface area contributed by atoms with E-state index in [1.807, 2.05) is 0 Å². The first kappa shape index (κ1) is 19.2. The monoisotopic (exact) mass is 428 g/mol. The van der Waals surface area contributed by atoms with Crippen molar-refractivity contribution in [1.82, 2.24) is 30.0 Å². The number of phenols is 2. The maximum absolute atomic E-state index is 12.2. The Bertz CT molecular complexity index is 1470. The summed E-state index contributed by atoms with van der Waals surface area (Å²) in [6.45, 7) is 5.04. The Balaban J connectivity index is 1.77. The first-order valence-corrected chi connectivity index (χ1v) is 9.54. The van der Waals surface area contributed by atoms with Crippen molar-refractivity contribution in [3.63, 3.8) is 0 Å². The first-order valence-electron chi connectivity index (χ1n) is 9.54. The largest absolute Gasteiger partial charge is 0.505 e. The van der Waals surface area contributed by atoms with Crippen LogP contribution in [0.4, 0.5) is 0 Å². The standard InChI is InChI=1S/C22H16N6O4/c1-12(2)22(31)32-18-11-17(29)19(27-23-13-7-3-4-8-14(13)24-27)21(30)20(18)28-25-15-9-5-6-10-16(15)26-28/h3-11,29-30H,1H2,2H3. The van der Waals surface area contributed by atoms with Crippen molar-refractivity contribution in [3.8, 4) is 28.6 Å². The third-order valence-corrected chi connectivity index (χ3v) is 4.72. The molecule has 10 nitrogen and oxygen atoms in total. The number of ether oxygens (including phenoxy) is 1. The predicted octanol–water partition coefficient (Wildman–Crippen LogP) is 3.05. The van der Waals surface area contributed by atoms with Gasteiger partial charge in [-0.25, -0.2) is 4.79 Å². The minimum absolute atomic E-state index is 0.0649. The van der Waals surface area contributed by atoms with Gasteiger partial charge in [0.1, 0.15) is 22.1 Å². The molecule has 0 saturated carbocycles. The van der Waals surface area contributed by atoms with Crippen LogP contribution in [0.2, 0.25) is 0 Å². The molecule has 0 fully saturated rings. The van der Waals surface area contributed by atoms with Crippen molar-refractivity contribution in [2.45, 2.75) is 6.92 Å². The molecule has 0 atom stereocenters. The van der Waals surface area contributed by atoms with Gasteiger partial charge in [0.15, 0.2) is 28.6 Å². The van der Waals surface area contributed by atoms with Crippen molar-refractivity contribution in [3.05, 3.63) is 66.7 Å². The summed E-state index contributed by atoms with van der Waals surface area (Å²) in [5.74, 6) is -1.78. The minimum atomic E-state index is -0.738. The highest BCUT2D eigenvalue weighted by atomic mass is 16.5. The van der Waals surface area contributed by atoms with Gasteiger partial charge in [0.25, 0.3) is 0 Å². The lowest BCUT2D eigenvalue weighted by Crippen LogP contribution is -2.13. The zero-order chi connectivity index (χ0) is 22.4. The summed E-state index contributed by atoms with van der Waals surface area (Å²) in [6.07, 6.45) is 0. The molecular weight excluding hydrogens is 412 g/mol. The third-order valence-electron chi connectivity index (χ3n) is 4.72. The van der Waals surface area contributed by atoms with E-state index in [2.05, 4.69) is 27.0 Å². The van der Waals surface area contributed by atoms with E-state index in [9.17, 15) is 15.0 Å². The van der Waals surface area contributed by atoms with E-state index in [1.54, 1.807) is 48.5 Å². The van der Waals surface area contributed by atoms with E-state index in [0.29, 0.717) is 22.1 Å². The third kappa shape index (κ3) is 3.10. The van der Waals surface area contributed by atoms with Gasteiger partial charge in [-0.2, -0.15) is 0 Å². The number of carbonyl (C=O) groups excluding carboxylic acids is 1. The molecule has 2 heterocycles. The summed E-state index contributed by atoms with van der Waals surface area (Å²) >= 11 is 0. The van der Waals surface area contributed by atoms with Gasteiger partial charge >= 0.3 is 5.97 Å².